The zero-order valence-electron chi connectivity index (χ0n) is 19.3. The third-order valence-electron chi connectivity index (χ3n) is 6.16. The number of amides is 4. The average Bonchev–Trinajstić information content (AvgIpc) is 2.63. The van der Waals surface area contributed by atoms with Gasteiger partial charge in [-0.25, -0.2) is 4.79 Å². The van der Waals surface area contributed by atoms with E-state index in [2.05, 4.69) is 19.2 Å². The fourth-order valence-corrected chi connectivity index (χ4v) is 4.82. The number of hydrogen-bond acceptors (Lipinski definition) is 3. The molecule has 0 aromatic carbocycles. The van der Waals surface area contributed by atoms with Crippen LogP contribution in [0.1, 0.15) is 74.1 Å². The summed E-state index contributed by atoms with van der Waals surface area (Å²) in [4.78, 5) is 45.0. The van der Waals surface area contributed by atoms with Gasteiger partial charge in [0.25, 0.3) is 0 Å². The third kappa shape index (κ3) is 4.69. The molecule has 2 fully saturated rings. The number of piperidine rings is 1. The van der Waals surface area contributed by atoms with Gasteiger partial charge in [0, 0.05) is 31.7 Å². The van der Waals surface area contributed by atoms with Crippen molar-refractivity contribution in [3.8, 4) is 0 Å². The molecule has 4 amide bonds. The van der Waals surface area contributed by atoms with Crippen LogP contribution < -0.4 is 5.32 Å². The van der Waals surface area contributed by atoms with E-state index in [1.807, 2.05) is 49.3 Å². The van der Waals surface area contributed by atoms with Gasteiger partial charge in [-0.05, 0) is 59.3 Å². The fourth-order valence-electron chi connectivity index (χ4n) is 4.82. The maximum absolute atomic E-state index is 13.2. The first-order valence-corrected chi connectivity index (χ1v) is 11.2. The summed E-state index contributed by atoms with van der Waals surface area (Å²) in [5.41, 5.74) is -0.822. The molecule has 2 heterocycles. The number of nitrogens with zero attached hydrogens (tertiary/aromatic N) is 3. The summed E-state index contributed by atoms with van der Waals surface area (Å²) >= 11 is 0. The van der Waals surface area contributed by atoms with Crippen LogP contribution in [-0.4, -0.2) is 75.8 Å². The molecule has 0 radical (unpaired) electrons. The highest BCUT2D eigenvalue weighted by Gasteiger charge is 2.53. The summed E-state index contributed by atoms with van der Waals surface area (Å²) in [5.74, 6) is 0.318. The van der Waals surface area contributed by atoms with E-state index in [4.69, 9.17) is 0 Å². The lowest BCUT2D eigenvalue weighted by molar-refractivity contribution is -0.161. The number of likely N-dealkylation sites (tertiary alicyclic amines) is 1. The molecular formula is C22H40N4O3. The molecule has 1 N–H and O–H groups in total. The molecule has 1 spiro atoms. The predicted octanol–water partition coefficient (Wildman–Crippen LogP) is 2.84. The lowest BCUT2D eigenvalue weighted by atomic mass is 9.81. The number of urea groups is 1. The quantitative estimate of drug-likeness (QED) is 0.734. The Hall–Kier alpha value is -1.79. The highest BCUT2D eigenvalue weighted by molar-refractivity contribution is 6.00. The van der Waals surface area contributed by atoms with Gasteiger partial charge < -0.3 is 20.0 Å². The fraction of sp³-hybridized carbons (Fsp3) is 0.864. The molecule has 166 valence electrons. The van der Waals surface area contributed by atoms with Crippen molar-refractivity contribution in [1.82, 2.24) is 20.0 Å². The molecule has 0 aromatic rings. The van der Waals surface area contributed by atoms with Crippen molar-refractivity contribution < 1.29 is 14.4 Å². The Morgan fingerprint density at radius 2 is 1.66 bits per heavy atom. The number of carbonyl (C=O) groups is 3. The summed E-state index contributed by atoms with van der Waals surface area (Å²) in [6, 6.07) is -0.179. The van der Waals surface area contributed by atoms with Gasteiger partial charge in [0.15, 0.2) is 0 Å². The molecule has 7 heteroatoms. The zero-order chi connectivity index (χ0) is 21.9. The number of nitrogens with one attached hydrogen (secondary N) is 1. The van der Waals surface area contributed by atoms with Gasteiger partial charge in [-0.2, -0.15) is 0 Å². The van der Waals surface area contributed by atoms with Gasteiger partial charge in [0.1, 0.15) is 11.6 Å². The van der Waals surface area contributed by atoms with Gasteiger partial charge in [0.05, 0.1) is 0 Å². The van der Waals surface area contributed by atoms with Crippen molar-refractivity contribution in [1.29, 1.82) is 0 Å². The number of rotatable bonds is 6. The minimum atomic E-state index is -0.822. The minimum Gasteiger partial charge on any atom is -0.342 e. The predicted molar refractivity (Wildman–Crippen MR) is 114 cm³/mol. The van der Waals surface area contributed by atoms with Crippen LogP contribution in [0.15, 0.2) is 0 Å². The molecule has 7 nitrogen and oxygen atoms in total. The molecule has 0 aliphatic carbocycles. The van der Waals surface area contributed by atoms with Crippen LogP contribution in [0.3, 0.4) is 0 Å². The van der Waals surface area contributed by atoms with E-state index in [9.17, 15) is 14.4 Å². The highest BCUT2D eigenvalue weighted by Crippen LogP contribution is 2.34. The Kier molecular flexibility index (Phi) is 7.57. The van der Waals surface area contributed by atoms with E-state index in [1.54, 1.807) is 0 Å². The average molecular weight is 409 g/mol. The first kappa shape index (κ1) is 23.5. The summed E-state index contributed by atoms with van der Waals surface area (Å²) in [5, 5.41) is 3.01. The Balaban J connectivity index is 2.19. The SMILES string of the molecule is CCCN1C(=O)C(CC(C)C)NC(=O)C12CCN(C(=O)N(C(C)C)C(C)C)CC2. The van der Waals surface area contributed by atoms with Crippen LogP contribution in [0.4, 0.5) is 4.79 Å². The van der Waals surface area contributed by atoms with Crippen molar-refractivity contribution in [3.63, 3.8) is 0 Å². The Bertz CT molecular complexity index is 601. The van der Waals surface area contributed by atoms with Crippen LogP contribution in [0, 0.1) is 5.92 Å². The van der Waals surface area contributed by atoms with E-state index in [0.717, 1.165) is 6.42 Å². The van der Waals surface area contributed by atoms with Crippen molar-refractivity contribution in [2.24, 2.45) is 5.92 Å². The summed E-state index contributed by atoms with van der Waals surface area (Å²) in [6.07, 6.45) is 2.46. The standard InChI is InChI=1S/C22H40N4O3/c1-8-11-25-19(27)18(14-15(2)3)23-20(28)22(25)9-12-24(13-10-22)21(29)26(16(4)5)17(6)7/h15-18H,8-14H2,1-7H3,(H,23,28). The van der Waals surface area contributed by atoms with Gasteiger partial charge in [-0.15, -0.1) is 0 Å². The van der Waals surface area contributed by atoms with Crippen LogP contribution in [0.5, 0.6) is 0 Å². The van der Waals surface area contributed by atoms with Gasteiger partial charge in [-0.3, -0.25) is 9.59 Å². The van der Waals surface area contributed by atoms with Crippen molar-refractivity contribution in [3.05, 3.63) is 0 Å². The molecule has 0 saturated carbocycles. The molecule has 0 bridgehead atoms. The third-order valence-corrected chi connectivity index (χ3v) is 6.16. The lowest BCUT2D eigenvalue weighted by Gasteiger charge is -2.52. The molecule has 0 aromatic heterocycles. The van der Waals surface area contributed by atoms with E-state index in [1.165, 1.54) is 0 Å². The van der Waals surface area contributed by atoms with Crippen molar-refractivity contribution in [2.45, 2.75) is 97.8 Å². The molecule has 2 aliphatic rings. The Morgan fingerprint density at radius 1 is 1.10 bits per heavy atom. The van der Waals surface area contributed by atoms with Crippen molar-refractivity contribution >= 4 is 17.8 Å². The van der Waals surface area contributed by atoms with Gasteiger partial charge >= 0.3 is 6.03 Å². The maximum Gasteiger partial charge on any atom is 0.320 e. The first-order chi connectivity index (χ1) is 13.5. The molecular weight excluding hydrogens is 368 g/mol. The molecule has 2 rings (SSSR count). The summed E-state index contributed by atoms with van der Waals surface area (Å²) < 4.78 is 0. The van der Waals surface area contributed by atoms with Crippen LogP contribution in [0.2, 0.25) is 0 Å². The summed E-state index contributed by atoms with van der Waals surface area (Å²) in [7, 11) is 0. The highest BCUT2D eigenvalue weighted by atomic mass is 16.2. The normalized spacial score (nSPS) is 22.1. The number of carbonyl (C=O) groups excluding carboxylic acids is 3. The van der Waals surface area contributed by atoms with Gasteiger partial charge in [-0.1, -0.05) is 20.8 Å². The molecule has 29 heavy (non-hydrogen) atoms. The molecule has 1 unspecified atom stereocenters. The second-order valence-corrected chi connectivity index (χ2v) is 9.54. The zero-order valence-corrected chi connectivity index (χ0v) is 19.3. The maximum atomic E-state index is 13.2. The number of hydrogen-bond donors (Lipinski definition) is 1. The first-order valence-electron chi connectivity index (χ1n) is 11.2. The topological polar surface area (TPSA) is 73.0 Å². The second-order valence-electron chi connectivity index (χ2n) is 9.54. The smallest absolute Gasteiger partial charge is 0.320 e. The minimum absolute atomic E-state index is 0.0205. The van der Waals surface area contributed by atoms with E-state index >= 15 is 0 Å². The van der Waals surface area contributed by atoms with E-state index in [-0.39, 0.29) is 29.9 Å². The van der Waals surface area contributed by atoms with Crippen molar-refractivity contribution in [2.75, 3.05) is 19.6 Å². The van der Waals surface area contributed by atoms with E-state index < -0.39 is 11.6 Å². The van der Waals surface area contributed by atoms with Crippen LogP contribution in [0.25, 0.3) is 0 Å². The monoisotopic (exact) mass is 408 g/mol. The Morgan fingerprint density at radius 3 is 2.10 bits per heavy atom. The largest absolute Gasteiger partial charge is 0.342 e. The van der Waals surface area contributed by atoms with E-state index in [0.29, 0.717) is 44.8 Å². The second kappa shape index (κ2) is 9.35. The summed E-state index contributed by atoms with van der Waals surface area (Å²) in [6.45, 7) is 15.8. The van der Waals surface area contributed by atoms with Crippen LogP contribution in [-0.2, 0) is 9.59 Å². The molecule has 2 aliphatic heterocycles. The number of piperazine rings is 1. The Labute approximate surface area is 176 Å². The van der Waals surface area contributed by atoms with Crippen LogP contribution >= 0.6 is 0 Å². The molecule has 2 saturated heterocycles. The van der Waals surface area contributed by atoms with Gasteiger partial charge in [0.2, 0.25) is 11.8 Å². The lowest BCUT2D eigenvalue weighted by Crippen LogP contribution is -2.73. The molecule has 1 atom stereocenters.